The lowest BCUT2D eigenvalue weighted by Gasteiger charge is -2.17. The van der Waals surface area contributed by atoms with Crippen molar-refractivity contribution in [2.45, 2.75) is 38.0 Å². The predicted octanol–water partition coefficient (Wildman–Crippen LogP) is 6.62. The average Bonchev–Trinajstić information content (AvgIpc) is 2.68. The molecule has 0 fully saturated rings. The molecular weight excluding hydrogens is 342 g/mol. The Labute approximate surface area is 161 Å². The van der Waals surface area contributed by atoms with Crippen LogP contribution in [0.2, 0.25) is 5.02 Å². The second kappa shape index (κ2) is 9.05. The molecule has 1 aromatic heterocycles. The van der Waals surface area contributed by atoms with Crippen molar-refractivity contribution in [1.29, 1.82) is 0 Å². The summed E-state index contributed by atoms with van der Waals surface area (Å²) in [5.74, 6) is 1.41. The molecule has 1 atom stereocenters. The number of hydrogen-bond acceptors (Lipinski definition) is 2. The van der Waals surface area contributed by atoms with Gasteiger partial charge in [0.1, 0.15) is 5.75 Å². The summed E-state index contributed by atoms with van der Waals surface area (Å²) in [6, 6.07) is 16.5. The minimum Gasteiger partial charge on any atom is -0.497 e. The van der Waals surface area contributed by atoms with Crippen LogP contribution in [-0.2, 0) is 6.42 Å². The zero-order valence-electron chi connectivity index (χ0n) is 15.2. The molecule has 0 spiro atoms. The number of hydrogen-bond donors (Lipinski definition) is 0. The third-order valence-corrected chi connectivity index (χ3v) is 5.18. The average molecular weight is 367 g/mol. The van der Waals surface area contributed by atoms with Gasteiger partial charge in [0.05, 0.1) is 12.6 Å². The molecule has 1 radical (unpaired) electrons. The lowest BCUT2D eigenvalue weighted by molar-refractivity contribution is 0.415. The summed E-state index contributed by atoms with van der Waals surface area (Å²) in [6.45, 7) is 4.05. The molecule has 3 heteroatoms. The van der Waals surface area contributed by atoms with E-state index < -0.39 is 0 Å². The summed E-state index contributed by atoms with van der Waals surface area (Å²) in [4.78, 5) is 4.47. The molecule has 3 rings (SSSR count). The van der Waals surface area contributed by atoms with Gasteiger partial charge in [0.25, 0.3) is 0 Å². The Balaban J connectivity index is 1.71. The number of pyridine rings is 1. The lowest BCUT2D eigenvalue weighted by atomic mass is 9.89. The molecule has 0 aliphatic heterocycles. The molecule has 0 N–H and O–H groups in total. The second-order valence-corrected chi connectivity index (χ2v) is 7.07. The number of nitrogens with zero attached hydrogens (tertiary/aromatic N) is 1. The zero-order valence-corrected chi connectivity index (χ0v) is 16.0. The maximum atomic E-state index is 6.03. The summed E-state index contributed by atoms with van der Waals surface area (Å²) in [6.07, 6.45) is 7.26. The van der Waals surface area contributed by atoms with Crippen LogP contribution in [0.1, 0.15) is 42.7 Å². The highest BCUT2D eigenvalue weighted by Gasteiger charge is 2.11. The molecule has 0 aliphatic rings. The van der Waals surface area contributed by atoms with Crippen molar-refractivity contribution in [2.24, 2.45) is 0 Å². The van der Waals surface area contributed by atoms with Crippen LogP contribution in [-0.4, -0.2) is 12.1 Å². The van der Waals surface area contributed by atoms with Gasteiger partial charge in [-0.05, 0) is 79.1 Å². The molecule has 0 saturated carbocycles. The summed E-state index contributed by atoms with van der Waals surface area (Å²) in [7, 11) is 1.70. The van der Waals surface area contributed by atoms with Crippen LogP contribution in [0.25, 0.3) is 10.9 Å². The normalized spacial score (nSPS) is 12.3. The number of rotatable bonds is 8. The van der Waals surface area contributed by atoms with E-state index in [9.17, 15) is 0 Å². The van der Waals surface area contributed by atoms with Crippen LogP contribution < -0.4 is 4.74 Å². The topological polar surface area (TPSA) is 22.1 Å². The summed E-state index contributed by atoms with van der Waals surface area (Å²) < 4.78 is 5.37. The molecule has 0 amide bonds. The van der Waals surface area contributed by atoms with Crippen molar-refractivity contribution in [1.82, 2.24) is 4.98 Å². The molecule has 0 unspecified atom stereocenters. The standard InChI is InChI=1S/C23H25ClNO/c1-3-5-17(18-8-10-20(24)11-9-18)6-4-7-19-14-15-25-23-13-12-21(26-2)16-22(19)23/h8-17H,1,3-7H2,2H3/t17-/m1/s1. The van der Waals surface area contributed by atoms with Crippen LogP contribution >= 0.6 is 11.6 Å². The van der Waals surface area contributed by atoms with Crippen molar-refractivity contribution in [3.05, 3.63) is 77.8 Å². The molecule has 0 aliphatic carbocycles. The van der Waals surface area contributed by atoms with Gasteiger partial charge in [-0.15, -0.1) is 0 Å². The fourth-order valence-corrected chi connectivity index (χ4v) is 3.65. The highest BCUT2D eigenvalue weighted by molar-refractivity contribution is 6.30. The predicted molar refractivity (Wildman–Crippen MR) is 110 cm³/mol. The van der Waals surface area contributed by atoms with E-state index in [1.165, 1.54) is 16.5 Å². The third kappa shape index (κ3) is 4.56. The number of benzene rings is 2. The zero-order chi connectivity index (χ0) is 18.4. The summed E-state index contributed by atoms with van der Waals surface area (Å²) in [5.41, 5.74) is 3.72. The highest BCUT2D eigenvalue weighted by Crippen LogP contribution is 2.29. The van der Waals surface area contributed by atoms with E-state index in [0.717, 1.165) is 48.4 Å². The number of fused-ring (bicyclic) bond motifs is 1. The van der Waals surface area contributed by atoms with Crippen LogP contribution in [0.15, 0.2) is 54.7 Å². The van der Waals surface area contributed by atoms with Crippen molar-refractivity contribution < 1.29 is 4.74 Å². The summed E-state index contributed by atoms with van der Waals surface area (Å²) in [5, 5.41) is 1.98. The molecule has 135 valence electrons. The Morgan fingerprint density at radius 1 is 1.08 bits per heavy atom. The van der Waals surface area contributed by atoms with Crippen molar-refractivity contribution in [3.63, 3.8) is 0 Å². The van der Waals surface area contributed by atoms with Gasteiger partial charge in [-0.3, -0.25) is 4.98 Å². The Hall–Kier alpha value is -2.06. The van der Waals surface area contributed by atoms with Gasteiger partial charge in [-0.25, -0.2) is 0 Å². The molecule has 1 heterocycles. The van der Waals surface area contributed by atoms with Gasteiger partial charge >= 0.3 is 0 Å². The Morgan fingerprint density at radius 2 is 1.88 bits per heavy atom. The minimum atomic E-state index is 0.535. The fourth-order valence-electron chi connectivity index (χ4n) is 3.53. The lowest BCUT2D eigenvalue weighted by Crippen LogP contribution is -2.00. The molecule has 0 saturated heterocycles. The van der Waals surface area contributed by atoms with Crippen molar-refractivity contribution >= 4 is 22.5 Å². The number of ether oxygens (including phenoxy) is 1. The smallest absolute Gasteiger partial charge is 0.119 e. The first kappa shape index (κ1) is 18.7. The monoisotopic (exact) mass is 366 g/mol. The molecular formula is C23H25ClNO. The summed E-state index contributed by atoms with van der Waals surface area (Å²) >= 11 is 6.03. The second-order valence-electron chi connectivity index (χ2n) is 6.64. The van der Waals surface area contributed by atoms with Gasteiger partial charge in [0, 0.05) is 16.6 Å². The van der Waals surface area contributed by atoms with Gasteiger partial charge < -0.3 is 4.74 Å². The van der Waals surface area contributed by atoms with E-state index in [4.69, 9.17) is 16.3 Å². The molecule has 3 aromatic rings. The first-order chi connectivity index (χ1) is 12.7. The Bertz CT molecular complexity index is 844. The van der Waals surface area contributed by atoms with E-state index in [1.54, 1.807) is 7.11 Å². The van der Waals surface area contributed by atoms with Crippen molar-refractivity contribution in [2.75, 3.05) is 7.11 Å². The first-order valence-electron chi connectivity index (χ1n) is 9.17. The molecule has 26 heavy (non-hydrogen) atoms. The van der Waals surface area contributed by atoms with E-state index in [1.807, 2.05) is 30.5 Å². The van der Waals surface area contributed by atoms with Crippen LogP contribution in [0.4, 0.5) is 0 Å². The van der Waals surface area contributed by atoms with E-state index in [-0.39, 0.29) is 0 Å². The third-order valence-electron chi connectivity index (χ3n) is 4.93. The van der Waals surface area contributed by atoms with E-state index in [2.05, 4.69) is 36.2 Å². The number of methoxy groups -OCH3 is 1. The SMILES string of the molecule is [CH2]CC[C@H](CCCc1ccnc2ccc(OC)cc12)c1ccc(Cl)cc1. The maximum absolute atomic E-state index is 6.03. The number of halogens is 1. The molecule has 2 nitrogen and oxygen atoms in total. The van der Waals surface area contributed by atoms with E-state index >= 15 is 0 Å². The van der Waals surface area contributed by atoms with Gasteiger partial charge in [0.15, 0.2) is 0 Å². The molecule has 0 bridgehead atoms. The van der Waals surface area contributed by atoms with Crippen LogP contribution in [0, 0.1) is 6.92 Å². The Kier molecular flexibility index (Phi) is 6.51. The fraction of sp³-hybridized carbons (Fsp3) is 0.304. The largest absolute Gasteiger partial charge is 0.497 e. The minimum absolute atomic E-state index is 0.535. The van der Waals surface area contributed by atoms with Crippen LogP contribution in [0.3, 0.4) is 0 Å². The van der Waals surface area contributed by atoms with E-state index in [0.29, 0.717) is 5.92 Å². The first-order valence-corrected chi connectivity index (χ1v) is 9.55. The Morgan fingerprint density at radius 3 is 2.62 bits per heavy atom. The van der Waals surface area contributed by atoms with Gasteiger partial charge in [-0.1, -0.05) is 37.1 Å². The van der Waals surface area contributed by atoms with Gasteiger partial charge in [-0.2, -0.15) is 0 Å². The molecule has 2 aromatic carbocycles. The number of aromatic nitrogens is 1. The quantitative estimate of drug-likeness (QED) is 0.447. The highest BCUT2D eigenvalue weighted by atomic mass is 35.5. The number of aryl methyl sites for hydroxylation is 1. The van der Waals surface area contributed by atoms with Crippen molar-refractivity contribution in [3.8, 4) is 5.75 Å². The maximum Gasteiger partial charge on any atom is 0.119 e. The van der Waals surface area contributed by atoms with Gasteiger partial charge in [0.2, 0.25) is 0 Å². The van der Waals surface area contributed by atoms with Crippen LogP contribution in [0.5, 0.6) is 5.75 Å².